The van der Waals surface area contributed by atoms with Crippen LogP contribution in [0.15, 0.2) is 10.6 Å². The zero-order valence-electron chi connectivity index (χ0n) is 12.9. The second-order valence-corrected chi connectivity index (χ2v) is 5.72. The summed E-state index contributed by atoms with van der Waals surface area (Å²) >= 11 is 0. The van der Waals surface area contributed by atoms with Crippen molar-refractivity contribution in [1.82, 2.24) is 15.5 Å². The maximum atomic E-state index is 12.4. The van der Waals surface area contributed by atoms with Gasteiger partial charge in [0.15, 0.2) is 0 Å². The summed E-state index contributed by atoms with van der Waals surface area (Å²) < 4.78 is 5.21. The molecule has 0 saturated carbocycles. The highest BCUT2D eigenvalue weighted by molar-refractivity contribution is 6.06. The molecule has 3 N–H and O–H groups in total. The second kappa shape index (κ2) is 6.22. The molecule has 0 spiro atoms. The number of rotatable bonds is 5. The number of carbonyl (C=O) groups excluding carboxylic acids is 1. The number of nitrogens with zero attached hydrogens (tertiary/aromatic N) is 2. The molecular weight excluding hydrogens is 268 g/mol. The van der Waals surface area contributed by atoms with Crippen molar-refractivity contribution in [2.75, 3.05) is 6.54 Å². The first-order valence-electron chi connectivity index (χ1n) is 7.20. The fourth-order valence-electron chi connectivity index (χ4n) is 2.10. The first-order valence-corrected chi connectivity index (χ1v) is 7.20. The van der Waals surface area contributed by atoms with Gasteiger partial charge in [-0.05, 0) is 32.3 Å². The number of hydrogen-bond acceptors (Lipinski definition) is 5. The van der Waals surface area contributed by atoms with Gasteiger partial charge in [0.2, 0.25) is 0 Å². The summed E-state index contributed by atoms with van der Waals surface area (Å²) in [5, 5.41) is 7.48. The number of nitrogens with two attached hydrogens (primary N) is 1. The average molecular weight is 290 g/mol. The Morgan fingerprint density at radius 3 is 2.76 bits per heavy atom. The summed E-state index contributed by atoms with van der Waals surface area (Å²) in [6, 6.07) is 1.88. The smallest absolute Gasteiger partial charge is 0.259 e. The van der Waals surface area contributed by atoms with Gasteiger partial charge >= 0.3 is 0 Å². The molecule has 114 valence electrons. The molecule has 2 aromatic rings. The van der Waals surface area contributed by atoms with Crippen LogP contribution in [0.5, 0.6) is 0 Å². The van der Waals surface area contributed by atoms with E-state index in [1.165, 1.54) is 0 Å². The van der Waals surface area contributed by atoms with Gasteiger partial charge in [-0.2, -0.15) is 0 Å². The van der Waals surface area contributed by atoms with Crippen LogP contribution in [0.3, 0.4) is 0 Å². The van der Waals surface area contributed by atoms with E-state index in [4.69, 9.17) is 10.3 Å². The minimum Gasteiger partial charge on any atom is -0.352 e. The predicted molar refractivity (Wildman–Crippen MR) is 81.2 cm³/mol. The third-order valence-electron chi connectivity index (χ3n) is 3.36. The Labute approximate surface area is 124 Å². The lowest BCUT2D eigenvalue weighted by Crippen LogP contribution is -2.29. The van der Waals surface area contributed by atoms with Gasteiger partial charge in [-0.1, -0.05) is 19.0 Å². The molecule has 0 aromatic carbocycles. The molecule has 0 bridgehead atoms. The lowest BCUT2D eigenvalue weighted by molar-refractivity contribution is 0.0954. The molecule has 0 aliphatic rings. The van der Waals surface area contributed by atoms with Crippen molar-refractivity contribution in [3.8, 4) is 0 Å². The van der Waals surface area contributed by atoms with Crippen molar-refractivity contribution in [1.29, 1.82) is 0 Å². The van der Waals surface area contributed by atoms with E-state index >= 15 is 0 Å². The summed E-state index contributed by atoms with van der Waals surface area (Å²) in [6.45, 7) is 8.31. The van der Waals surface area contributed by atoms with Gasteiger partial charge in [0, 0.05) is 18.3 Å². The summed E-state index contributed by atoms with van der Waals surface area (Å²) in [5.74, 6) is 0.0617. The van der Waals surface area contributed by atoms with E-state index in [2.05, 4.69) is 15.5 Å². The van der Waals surface area contributed by atoms with Gasteiger partial charge in [-0.15, -0.1) is 0 Å². The maximum absolute atomic E-state index is 12.4. The largest absolute Gasteiger partial charge is 0.352 e. The molecule has 21 heavy (non-hydrogen) atoms. The third kappa shape index (κ3) is 3.39. The minimum atomic E-state index is -0.142. The Hall–Kier alpha value is -1.95. The van der Waals surface area contributed by atoms with Crippen molar-refractivity contribution in [2.45, 2.75) is 46.1 Å². The molecular formula is C15H22N4O2. The normalized spacial score (nSPS) is 12.9. The molecule has 1 atom stereocenters. The molecule has 0 aliphatic heterocycles. The summed E-state index contributed by atoms with van der Waals surface area (Å²) in [6.07, 6.45) is 0.736. The Bertz CT molecular complexity index is 646. The van der Waals surface area contributed by atoms with Gasteiger partial charge in [0.05, 0.1) is 16.6 Å². The molecule has 2 heterocycles. The summed E-state index contributed by atoms with van der Waals surface area (Å²) in [4.78, 5) is 16.8. The van der Waals surface area contributed by atoms with E-state index in [9.17, 15) is 4.79 Å². The Kier molecular flexibility index (Phi) is 4.57. The number of carbonyl (C=O) groups is 1. The summed E-state index contributed by atoms with van der Waals surface area (Å²) in [7, 11) is 0. The van der Waals surface area contributed by atoms with Gasteiger partial charge in [-0.25, -0.2) is 4.98 Å². The van der Waals surface area contributed by atoms with Crippen molar-refractivity contribution >= 4 is 17.0 Å². The first kappa shape index (κ1) is 15.4. The number of aryl methyl sites for hydroxylation is 1. The summed E-state index contributed by atoms with van der Waals surface area (Å²) in [5.41, 5.74) is 8.16. The number of hydrogen-bond donors (Lipinski definition) is 2. The quantitative estimate of drug-likeness (QED) is 0.879. The number of aromatic nitrogens is 2. The van der Waals surface area contributed by atoms with Crippen LogP contribution in [0.25, 0.3) is 11.1 Å². The van der Waals surface area contributed by atoms with Crippen molar-refractivity contribution in [2.24, 2.45) is 5.73 Å². The van der Waals surface area contributed by atoms with E-state index < -0.39 is 0 Å². The fraction of sp³-hybridized carbons (Fsp3) is 0.533. The van der Waals surface area contributed by atoms with Crippen LogP contribution in [-0.4, -0.2) is 28.6 Å². The van der Waals surface area contributed by atoms with E-state index in [-0.39, 0.29) is 17.9 Å². The van der Waals surface area contributed by atoms with E-state index in [0.717, 1.165) is 12.1 Å². The second-order valence-electron chi connectivity index (χ2n) is 5.72. The van der Waals surface area contributed by atoms with E-state index in [1.807, 2.05) is 26.8 Å². The van der Waals surface area contributed by atoms with Crippen LogP contribution in [0.2, 0.25) is 0 Å². The zero-order chi connectivity index (χ0) is 15.6. The Morgan fingerprint density at radius 2 is 2.14 bits per heavy atom. The van der Waals surface area contributed by atoms with Gasteiger partial charge < -0.3 is 15.6 Å². The molecule has 0 radical (unpaired) electrons. The molecule has 2 aromatic heterocycles. The maximum Gasteiger partial charge on any atom is 0.259 e. The van der Waals surface area contributed by atoms with E-state index in [0.29, 0.717) is 28.9 Å². The van der Waals surface area contributed by atoms with Crippen molar-refractivity contribution in [3.05, 3.63) is 23.0 Å². The van der Waals surface area contributed by atoms with Gasteiger partial charge in [0.25, 0.3) is 11.6 Å². The SMILES string of the molecule is Cc1noc2nc(C(C)C)cc(C(=O)NCCC(C)N)c12. The Balaban J connectivity index is 2.36. The van der Waals surface area contributed by atoms with Crippen LogP contribution < -0.4 is 11.1 Å². The van der Waals surface area contributed by atoms with E-state index in [1.54, 1.807) is 6.92 Å². The van der Waals surface area contributed by atoms with Crippen LogP contribution in [0.1, 0.15) is 54.9 Å². The number of fused-ring (bicyclic) bond motifs is 1. The molecule has 0 fully saturated rings. The van der Waals surface area contributed by atoms with Crippen molar-refractivity contribution in [3.63, 3.8) is 0 Å². The monoisotopic (exact) mass is 290 g/mol. The highest BCUT2D eigenvalue weighted by Gasteiger charge is 2.19. The standard InChI is InChI=1S/C15H22N4O2/c1-8(2)12-7-11(14(20)17-6-5-9(3)16)13-10(4)19-21-15(13)18-12/h7-9H,5-6,16H2,1-4H3,(H,17,20). The van der Waals surface area contributed by atoms with Crippen LogP contribution >= 0.6 is 0 Å². The molecule has 0 aliphatic carbocycles. The Morgan fingerprint density at radius 1 is 1.43 bits per heavy atom. The molecule has 2 rings (SSSR count). The average Bonchev–Trinajstić information content (AvgIpc) is 2.79. The number of nitrogens with one attached hydrogen (secondary N) is 1. The molecule has 6 heteroatoms. The third-order valence-corrected chi connectivity index (χ3v) is 3.36. The highest BCUT2D eigenvalue weighted by Crippen LogP contribution is 2.24. The van der Waals surface area contributed by atoms with Crippen molar-refractivity contribution < 1.29 is 9.32 Å². The molecule has 1 amide bonds. The lowest BCUT2D eigenvalue weighted by Gasteiger charge is -2.10. The molecule has 0 saturated heterocycles. The number of amides is 1. The van der Waals surface area contributed by atoms with Crippen LogP contribution in [0, 0.1) is 6.92 Å². The molecule has 6 nitrogen and oxygen atoms in total. The minimum absolute atomic E-state index is 0.0614. The highest BCUT2D eigenvalue weighted by atomic mass is 16.5. The van der Waals surface area contributed by atoms with Gasteiger partial charge in [-0.3, -0.25) is 4.79 Å². The topological polar surface area (TPSA) is 94.0 Å². The van der Waals surface area contributed by atoms with Crippen LogP contribution in [0.4, 0.5) is 0 Å². The van der Waals surface area contributed by atoms with Crippen LogP contribution in [-0.2, 0) is 0 Å². The fourth-order valence-corrected chi connectivity index (χ4v) is 2.10. The lowest BCUT2D eigenvalue weighted by atomic mass is 10.0. The van der Waals surface area contributed by atoms with Gasteiger partial charge in [0.1, 0.15) is 0 Å². The zero-order valence-corrected chi connectivity index (χ0v) is 12.9. The first-order chi connectivity index (χ1) is 9.90. The number of pyridine rings is 1. The predicted octanol–water partition coefficient (Wildman–Crippen LogP) is 2.12. The molecule has 1 unspecified atom stereocenters.